The molecular weight excluding hydrogens is 407 g/mol. The maximum absolute atomic E-state index is 11.5. The number of nitrogens with one attached hydrogen (secondary N) is 3. The summed E-state index contributed by atoms with van der Waals surface area (Å²) in [6, 6.07) is 0. The highest BCUT2D eigenvalue weighted by atomic mass is 127. The van der Waals surface area contributed by atoms with Crippen LogP contribution >= 0.6 is 24.0 Å². The molecule has 1 saturated carbocycles. The molecular formula is C15H27IN6O. The number of hydrogen-bond acceptors (Lipinski definition) is 3. The standard InChI is InChI=1S/C15H26N6O.HI/c1-10-13(11(2)21(4)20-10)9-19-15(16-3)18-8-7-17-14(22)12-5-6-12;/h12H,5-9H2,1-4H3,(H,17,22)(H2,16,18,19);1H. The van der Waals surface area contributed by atoms with Gasteiger partial charge in [-0.15, -0.1) is 24.0 Å². The molecule has 1 amide bonds. The molecule has 0 bridgehead atoms. The summed E-state index contributed by atoms with van der Waals surface area (Å²) >= 11 is 0. The van der Waals surface area contributed by atoms with Crippen LogP contribution in [0.15, 0.2) is 4.99 Å². The summed E-state index contributed by atoms with van der Waals surface area (Å²) in [5.74, 6) is 1.16. The molecule has 130 valence electrons. The lowest BCUT2D eigenvalue weighted by molar-refractivity contribution is -0.122. The van der Waals surface area contributed by atoms with Crippen molar-refractivity contribution in [2.24, 2.45) is 18.0 Å². The predicted octanol–water partition coefficient (Wildman–Crippen LogP) is 0.846. The van der Waals surface area contributed by atoms with Gasteiger partial charge in [0.15, 0.2) is 5.96 Å². The van der Waals surface area contributed by atoms with Crippen LogP contribution in [0.2, 0.25) is 0 Å². The third-order valence-corrected chi connectivity index (χ3v) is 3.98. The molecule has 1 aromatic heterocycles. The Labute approximate surface area is 154 Å². The molecule has 0 radical (unpaired) electrons. The number of nitrogens with zero attached hydrogens (tertiary/aromatic N) is 3. The normalized spacial score (nSPS) is 14.2. The van der Waals surface area contributed by atoms with E-state index >= 15 is 0 Å². The van der Waals surface area contributed by atoms with Gasteiger partial charge in [0.25, 0.3) is 0 Å². The molecule has 1 aromatic rings. The van der Waals surface area contributed by atoms with Crippen molar-refractivity contribution in [3.63, 3.8) is 0 Å². The lowest BCUT2D eigenvalue weighted by Gasteiger charge is -2.12. The first-order valence-corrected chi connectivity index (χ1v) is 7.74. The fourth-order valence-electron chi connectivity index (χ4n) is 2.32. The predicted molar refractivity (Wildman–Crippen MR) is 102 cm³/mol. The molecule has 1 aliphatic carbocycles. The Morgan fingerprint density at radius 1 is 1.26 bits per heavy atom. The monoisotopic (exact) mass is 434 g/mol. The fourth-order valence-corrected chi connectivity index (χ4v) is 2.32. The van der Waals surface area contributed by atoms with E-state index in [2.05, 4.69) is 33.0 Å². The topological polar surface area (TPSA) is 83.3 Å². The fraction of sp³-hybridized carbons (Fsp3) is 0.667. The highest BCUT2D eigenvalue weighted by Gasteiger charge is 2.28. The minimum absolute atomic E-state index is 0. The largest absolute Gasteiger partial charge is 0.355 e. The van der Waals surface area contributed by atoms with Gasteiger partial charge in [-0.2, -0.15) is 5.10 Å². The number of carbonyl (C=O) groups is 1. The van der Waals surface area contributed by atoms with Crippen molar-refractivity contribution < 1.29 is 4.79 Å². The number of halogens is 1. The molecule has 23 heavy (non-hydrogen) atoms. The molecule has 0 aliphatic heterocycles. The number of aromatic nitrogens is 2. The third-order valence-electron chi connectivity index (χ3n) is 3.98. The quantitative estimate of drug-likeness (QED) is 0.268. The maximum atomic E-state index is 11.5. The number of rotatable bonds is 6. The lowest BCUT2D eigenvalue weighted by atomic mass is 10.2. The Morgan fingerprint density at radius 3 is 2.43 bits per heavy atom. The van der Waals surface area contributed by atoms with Gasteiger partial charge in [-0.25, -0.2) is 0 Å². The summed E-state index contributed by atoms with van der Waals surface area (Å²) in [4.78, 5) is 15.7. The van der Waals surface area contributed by atoms with E-state index in [0.29, 0.717) is 19.6 Å². The number of hydrogen-bond donors (Lipinski definition) is 3. The second kappa shape index (κ2) is 9.09. The van der Waals surface area contributed by atoms with Crippen molar-refractivity contribution in [3.05, 3.63) is 17.0 Å². The van der Waals surface area contributed by atoms with Crippen molar-refractivity contribution >= 4 is 35.8 Å². The second-order valence-electron chi connectivity index (χ2n) is 5.69. The van der Waals surface area contributed by atoms with Gasteiger partial charge in [-0.3, -0.25) is 14.5 Å². The minimum Gasteiger partial charge on any atom is -0.355 e. The Kier molecular flexibility index (Phi) is 7.80. The molecule has 1 fully saturated rings. The average Bonchev–Trinajstić information content (AvgIpc) is 3.30. The SMILES string of the molecule is CN=C(NCCNC(=O)C1CC1)NCc1c(C)nn(C)c1C.I. The minimum atomic E-state index is 0. The van der Waals surface area contributed by atoms with Crippen LogP contribution in [0.1, 0.15) is 29.8 Å². The van der Waals surface area contributed by atoms with Gasteiger partial charge in [0.2, 0.25) is 5.91 Å². The molecule has 8 heteroatoms. The van der Waals surface area contributed by atoms with E-state index in [1.165, 1.54) is 5.56 Å². The maximum Gasteiger partial charge on any atom is 0.223 e. The molecule has 0 saturated heterocycles. The number of aliphatic imine (C=N–C) groups is 1. The summed E-state index contributed by atoms with van der Waals surface area (Å²) in [7, 11) is 3.68. The Balaban J connectivity index is 0.00000264. The summed E-state index contributed by atoms with van der Waals surface area (Å²) in [5.41, 5.74) is 3.37. The summed E-state index contributed by atoms with van der Waals surface area (Å²) in [6.07, 6.45) is 2.07. The van der Waals surface area contributed by atoms with Crippen LogP contribution in [0, 0.1) is 19.8 Å². The van der Waals surface area contributed by atoms with Gasteiger partial charge in [0, 0.05) is 50.9 Å². The number of aryl methyl sites for hydroxylation is 2. The van der Waals surface area contributed by atoms with Crippen molar-refractivity contribution in [2.45, 2.75) is 33.2 Å². The zero-order valence-corrected chi connectivity index (χ0v) is 16.6. The average molecular weight is 434 g/mol. The molecule has 1 aliphatic rings. The summed E-state index contributed by atoms with van der Waals surface area (Å²) < 4.78 is 1.88. The molecule has 3 N–H and O–H groups in total. The van der Waals surface area contributed by atoms with Gasteiger partial charge in [0.05, 0.1) is 5.69 Å². The number of guanidine groups is 1. The third kappa shape index (κ3) is 5.67. The molecule has 0 atom stereocenters. The number of amides is 1. The van der Waals surface area contributed by atoms with Crippen molar-refractivity contribution in [2.75, 3.05) is 20.1 Å². The van der Waals surface area contributed by atoms with Crippen LogP contribution in [0.25, 0.3) is 0 Å². The van der Waals surface area contributed by atoms with Gasteiger partial charge in [-0.1, -0.05) is 0 Å². The van der Waals surface area contributed by atoms with Crippen LogP contribution in [-0.4, -0.2) is 41.8 Å². The molecule has 2 rings (SSSR count). The second-order valence-corrected chi connectivity index (χ2v) is 5.69. The molecule has 0 aromatic carbocycles. The molecule has 0 unspecified atom stereocenters. The van der Waals surface area contributed by atoms with Crippen LogP contribution in [0.4, 0.5) is 0 Å². The first-order chi connectivity index (χ1) is 10.5. The highest BCUT2D eigenvalue weighted by Crippen LogP contribution is 2.28. The van der Waals surface area contributed by atoms with E-state index in [0.717, 1.165) is 30.2 Å². The lowest BCUT2D eigenvalue weighted by Crippen LogP contribution is -2.41. The van der Waals surface area contributed by atoms with Crippen LogP contribution in [0.3, 0.4) is 0 Å². The van der Waals surface area contributed by atoms with E-state index in [1.807, 2.05) is 18.7 Å². The molecule has 1 heterocycles. The van der Waals surface area contributed by atoms with Gasteiger partial charge >= 0.3 is 0 Å². The van der Waals surface area contributed by atoms with Gasteiger partial charge in [-0.05, 0) is 26.7 Å². The molecule has 0 spiro atoms. The zero-order chi connectivity index (χ0) is 16.1. The zero-order valence-electron chi connectivity index (χ0n) is 14.3. The smallest absolute Gasteiger partial charge is 0.223 e. The number of carbonyl (C=O) groups excluding carboxylic acids is 1. The van der Waals surface area contributed by atoms with E-state index in [9.17, 15) is 4.79 Å². The Morgan fingerprint density at radius 2 is 1.91 bits per heavy atom. The van der Waals surface area contributed by atoms with Gasteiger partial charge < -0.3 is 16.0 Å². The first kappa shape index (κ1) is 19.7. The van der Waals surface area contributed by atoms with Crippen molar-refractivity contribution in [1.82, 2.24) is 25.7 Å². The van der Waals surface area contributed by atoms with Gasteiger partial charge in [0.1, 0.15) is 0 Å². The van der Waals surface area contributed by atoms with Crippen LogP contribution < -0.4 is 16.0 Å². The molecule has 7 nitrogen and oxygen atoms in total. The first-order valence-electron chi connectivity index (χ1n) is 7.74. The Hall–Kier alpha value is -1.32. The van der Waals surface area contributed by atoms with Crippen LogP contribution in [-0.2, 0) is 18.4 Å². The summed E-state index contributed by atoms with van der Waals surface area (Å²) in [5, 5.41) is 13.8. The van der Waals surface area contributed by atoms with E-state index in [-0.39, 0.29) is 35.8 Å². The highest BCUT2D eigenvalue weighted by molar-refractivity contribution is 14.0. The van der Waals surface area contributed by atoms with Crippen molar-refractivity contribution in [3.8, 4) is 0 Å². The van der Waals surface area contributed by atoms with Crippen LogP contribution in [0.5, 0.6) is 0 Å². The van der Waals surface area contributed by atoms with E-state index in [1.54, 1.807) is 7.05 Å². The van der Waals surface area contributed by atoms with E-state index < -0.39 is 0 Å². The summed E-state index contributed by atoms with van der Waals surface area (Å²) in [6.45, 7) is 6.01. The van der Waals surface area contributed by atoms with Crippen molar-refractivity contribution in [1.29, 1.82) is 0 Å². The van der Waals surface area contributed by atoms with E-state index in [4.69, 9.17) is 0 Å². The Bertz CT molecular complexity index is 565.